The Hall–Kier alpha value is -0.330. The SMILES string of the molecule is O=S(=O)(Cl)c1ccc(SCC(F)F)cc1. The molecule has 0 fully saturated rings. The molecule has 1 rings (SSSR count). The number of thioether (sulfide) groups is 1. The summed E-state index contributed by atoms with van der Waals surface area (Å²) in [6, 6.07) is 5.47. The number of hydrogen-bond donors (Lipinski definition) is 0. The highest BCUT2D eigenvalue weighted by atomic mass is 35.7. The van der Waals surface area contributed by atoms with Crippen LogP contribution in [0, 0.1) is 0 Å². The highest BCUT2D eigenvalue weighted by molar-refractivity contribution is 8.13. The first-order valence-electron chi connectivity index (χ1n) is 3.85. The van der Waals surface area contributed by atoms with Crippen LogP contribution in [0.4, 0.5) is 8.78 Å². The van der Waals surface area contributed by atoms with Gasteiger partial charge in [-0.3, -0.25) is 0 Å². The van der Waals surface area contributed by atoms with Crippen LogP contribution in [0.5, 0.6) is 0 Å². The van der Waals surface area contributed by atoms with Crippen molar-refractivity contribution >= 4 is 31.5 Å². The van der Waals surface area contributed by atoms with Gasteiger partial charge in [0, 0.05) is 15.6 Å². The Labute approximate surface area is 95.0 Å². The van der Waals surface area contributed by atoms with E-state index in [0.29, 0.717) is 4.90 Å². The van der Waals surface area contributed by atoms with Gasteiger partial charge in [0.2, 0.25) is 6.43 Å². The molecule has 0 radical (unpaired) electrons. The minimum Gasteiger partial charge on any atom is -0.210 e. The molecule has 0 bridgehead atoms. The molecule has 0 aliphatic carbocycles. The van der Waals surface area contributed by atoms with Crippen LogP contribution in [-0.4, -0.2) is 20.6 Å². The van der Waals surface area contributed by atoms with E-state index < -0.39 is 15.5 Å². The molecule has 7 heteroatoms. The molecule has 0 saturated heterocycles. The Morgan fingerprint density at radius 3 is 2.20 bits per heavy atom. The van der Waals surface area contributed by atoms with Gasteiger partial charge in [-0.1, -0.05) is 0 Å². The fourth-order valence-electron chi connectivity index (χ4n) is 0.858. The third-order valence-electron chi connectivity index (χ3n) is 1.48. The summed E-state index contributed by atoms with van der Waals surface area (Å²) < 4.78 is 45.4. The molecule has 2 nitrogen and oxygen atoms in total. The molecule has 84 valence electrons. The highest BCUT2D eigenvalue weighted by Gasteiger charge is 2.09. The topological polar surface area (TPSA) is 34.1 Å². The lowest BCUT2D eigenvalue weighted by atomic mass is 10.4. The number of rotatable bonds is 4. The van der Waals surface area contributed by atoms with Crippen molar-refractivity contribution in [3.63, 3.8) is 0 Å². The molecule has 15 heavy (non-hydrogen) atoms. The largest absolute Gasteiger partial charge is 0.261 e. The molecule has 0 aromatic heterocycles. The Kier molecular flexibility index (Phi) is 4.36. The Morgan fingerprint density at radius 1 is 1.27 bits per heavy atom. The lowest BCUT2D eigenvalue weighted by Gasteiger charge is -2.01. The zero-order chi connectivity index (χ0) is 11.5. The normalized spacial score (nSPS) is 12.0. The molecular formula is C8H7ClF2O2S2. The van der Waals surface area contributed by atoms with E-state index in [-0.39, 0.29) is 10.6 Å². The summed E-state index contributed by atoms with van der Waals surface area (Å²) in [6.07, 6.45) is -2.38. The number of hydrogen-bond acceptors (Lipinski definition) is 3. The van der Waals surface area contributed by atoms with Crippen molar-refractivity contribution in [2.45, 2.75) is 16.2 Å². The highest BCUT2D eigenvalue weighted by Crippen LogP contribution is 2.23. The van der Waals surface area contributed by atoms with Gasteiger partial charge in [0.25, 0.3) is 9.05 Å². The molecule has 0 amide bonds. The van der Waals surface area contributed by atoms with E-state index in [2.05, 4.69) is 0 Å². The van der Waals surface area contributed by atoms with E-state index in [1.54, 1.807) is 0 Å². The van der Waals surface area contributed by atoms with E-state index >= 15 is 0 Å². The van der Waals surface area contributed by atoms with Crippen LogP contribution >= 0.6 is 22.4 Å². The fourth-order valence-corrected chi connectivity index (χ4v) is 2.27. The Morgan fingerprint density at radius 2 is 1.80 bits per heavy atom. The lowest BCUT2D eigenvalue weighted by molar-refractivity contribution is 0.177. The standard InChI is InChI=1S/C8H7ClF2O2S2/c9-15(12,13)7-3-1-6(2-4-7)14-5-8(10)11/h1-4,8H,5H2. The molecule has 1 aromatic carbocycles. The molecule has 0 aliphatic rings. The summed E-state index contributed by atoms with van der Waals surface area (Å²) in [4.78, 5) is 0.546. The third-order valence-corrected chi connectivity index (χ3v) is 3.88. The number of alkyl halides is 2. The monoisotopic (exact) mass is 272 g/mol. The lowest BCUT2D eigenvalue weighted by Crippen LogP contribution is -1.94. The quantitative estimate of drug-likeness (QED) is 0.624. The van der Waals surface area contributed by atoms with Crippen LogP contribution in [0.15, 0.2) is 34.1 Å². The predicted octanol–water partition coefficient (Wildman–Crippen LogP) is 2.97. The Balaban J connectivity index is 2.73. The van der Waals surface area contributed by atoms with Gasteiger partial charge in [-0.2, -0.15) is 0 Å². The van der Waals surface area contributed by atoms with Gasteiger partial charge >= 0.3 is 0 Å². The molecule has 0 unspecified atom stereocenters. The molecule has 0 aliphatic heterocycles. The van der Waals surface area contributed by atoms with Gasteiger partial charge in [-0.15, -0.1) is 11.8 Å². The van der Waals surface area contributed by atoms with Crippen LogP contribution in [-0.2, 0) is 9.05 Å². The number of halogens is 3. The smallest absolute Gasteiger partial charge is 0.210 e. The summed E-state index contributed by atoms with van der Waals surface area (Å²) in [5, 5.41) is 0. The minimum atomic E-state index is -3.74. The first kappa shape index (κ1) is 12.7. The van der Waals surface area contributed by atoms with Gasteiger partial charge in [-0.25, -0.2) is 17.2 Å². The van der Waals surface area contributed by atoms with E-state index in [4.69, 9.17) is 10.7 Å². The van der Waals surface area contributed by atoms with Crippen molar-refractivity contribution in [3.05, 3.63) is 24.3 Å². The second kappa shape index (κ2) is 5.14. The summed E-state index contributed by atoms with van der Waals surface area (Å²) in [7, 11) is 1.35. The second-order valence-corrected chi connectivity index (χ2v) is 6.27. The first-order valence-corrected chi connectivity index (χ1v) is 7.15. The minimum absolute atomic E-state index is 0.0365. The second-order valence-electron chi connectivity index (χ2n) is 2.61. The van der Waals surface area contributed by atoms with E-state index in [1.165, 1.54) is 24.3 Å². The summed E-state index contributed by atoms with van der Waals surface area (Å²) >= 11 is 0.960. The van der Waals surface area contributed by atoms with Crippen LogP contribution in [0.2, 0.25) is 0 Å². The molecule has 0 saturated carbocycles. The average molecular weight is 273 g/mol. The van der Waals surface area contributed by atoms with Crippen molar-refractivity contribution < 1.29 is 17.2 Å². The van der Waals surface area contributed by atoms with Gasteiger partial charge in [-0.05, 0) is 24.3 Å². The van der Waals surface area contributed by atoms with E-state index in [1.807, 2.05) is 0 Å². The van der Waals surface area contributed by atoms with Gasteiger partial charge in [0.15, 0.2) is 0 Å². The maximum atomic E-state index is 11.9. The summed E-state index contributed by atoms with van der Waals surface area (Å²) in [5.74, 6) is -0.313. The maximum Gasteiger partial charge on any atom is 0.261 e. The molecule has 1 aromatic rings. The molecule has 0 N–H and O–H groups in total. The van der Waals surface area contributed by atoms with Crippen molar-refractivity contribution in [1.82, 2.24) is 0 Å². The average Bonchev–Trinajstić information content (AvgIpc) is 2.14. The Bertz CT molecular complexity index is 417. The van der Waals surface area contributed by atoms with Crippen molar-refractivity contribution in [2.24, 2.45) is 0 Å². The van der Waals surface area contributed by atoms with Crippen LogP contribution in [0.25, 0.3) is 0 Å². The molecule has 0 atom stereocenters. The van der Waals surface area contributed by atoms with Crippen LogP contribution in [0.3, 0.4) is 0 Å². The zero-order valence-electron chi connectivity index (χ0n) is 7.36. The van der Waals surface area contributed by atoms with Crippen LogP contribution < -0.4 is 0 Å². The maximum absolute atomic E-state index is 11.9. The van der Waals surface area contributed by atoms with E-state index in [0.717, 1.165) is 11.8 Å². The van der Waals surface area contributed by atoms with Crippen molar-refractivity contribution in [1.29, 1.82) is 0 Å². The van der Waals surface area contributed by atoms with E-state index in [9.17, 15) is 17.2 Å². The predicted molar refractivity (Wildman–Crippen MR) is 56.2 cm³/mol. The molecular weight excluding hydrogens is 266 g/mol. The fraction of sp³-hybridized carbons (Fsp3) is 0.250. The summed E-state index contributed by atoms with van der Waals surface area (Å²) in [5.41, 5.74) is 0. The van der Waals surface area contributed by atoms with Crippen molar-refractivity contribution in [3.8, 4) is 0 Å². The molecule has 0 spiro atoms. The van der Waals surface area contributed by atoms with Gasteiger partial charge < -0.3 is 0 Å². The first-order chi connectivity index (χ1) is 6.89. The van der Waals surface area contributed by atoms with Crippen LogP contribution in [0.1, 0.15) is 0 Å². The summed E-state index contributed by atoms with van der Waals surface area (Å²) in [6.45, 7) is 0. The molecule has 0 heterocycles. The van der Waals surface area contributed by atoms with Gasteiger partial charge in [0.1, 0.15) is 0 Å². The third kappa shape index (κ3) is 4.36. The zero-order valence-corrected chi connectivity index (χ0v) is 9.75. The number of benzene rings is 1. The van der Waals surface area contributed by atoms with Crippen molar-refractivity contribution in [2.75, 3.05) is 5.75 Å². The van der Waals surface area contributed by atoms with Gasteiger partial charge in [0.05, 0.1) is 10.6 Å².